The van der Waals surface area contributed by atoms with Crippen LogP contribution in [0.3, 0.4) is 0 Å². The van der Waals surface area contributed by atoms with E-state index in [1.807, 2.05) is 23.9 Å². The molecular weight excluding hydrogens is 415 g/mol. The summed E-state index contributed by atoms with van der Waals surface area (Å²) in [6.07, 6.45) is 3.98. The van der Waals surface area contributed by atoms with Gasteiger partial charge in [-0.05, 0) is 30.7 Å². The normalized spacial score (nSPS) is 21.5. The van der Waals surface area contributed by atoms with Gasteiger partial charge in [-0.25, -0.2) is 18.7 Å². The van der Waals surface area contributed by atoms with Crippen molar-refractivity contribution in [1.82, 2.24) is 14.9 Å². The summed E-state index contributed by atoms with van der Waals surface area (Å²) in [4.78, 5) is 14.4. The van der Waals surface area contributed by atoms with Crippen molar-refractivity contribution in [3.63, 3.8) is 0 Å². The summed E-state index contributed by atoms with van der Waals surface area (Å²) in [5.74, 6) is -2.41. The van der Waals surface area contributed by atoms with Crippen LogP contribution in [0.1, 0.15) is 43.4 Å². The number of nitrogens with zero attached hydrogens (tertiary/aromatic N) is 5. The van der Waals surface area contributed by atoms with Gasteiger partial charge in [0.15, 0.2) is 11.6 Å². The fourth-order valence-electron chi connectivity index (χ4n) is 4.85. The molecule has 8 heteroatoms. The van der Waals surface area contributed by atoms with E-state index in [9.17, 15) is 8.78 Å². The fourth-order valence-corrected chi connectivity index (χ4v) is 4.85. The van der Waals surface area contributed by atoms with E-state index in [1.165, 1.54) is 18.5 Å². The monoisotopic (exact) mass is 445 g/mol. The first kappa shape index (κ1) is 22.4. The highest BCUT2D eigenvalue weighted by atomic mass is 19.3. The van der Waals surface area contributed by atoms with Crippen LogP contribution in [0.4, 0.5) is 24.8 Å². The van der Waals surface area contributed by atoms with Gasteiger partial charge in [-0.1, -0.05) is 30.8 Å². The molecule has 1 aromatic carbocycles. The molecule has 3 heterocycles. The van der Waals surface area contributed by atoms with Gasteiger partial charge in [-0.2, -0.15) is 4.39 Å². The van der Waals surface area contributed by atoms with Crippen molar-refractivity contribution < 1.29 is 13.2 Å². The van der Waals surface area contributed by atoms with Crippen molar-refractivity contribution in [1.29, 1.82) is 0 Å². The smallest absolute Gasteiger partial charge is 0.270 e. The lowest BCUT2D eigenvalue weighted by molar-refractivity contribution is 0.0174. The number of hydrogen-bond donors (Lipinski definition) is 0. The van der Waals surface area contributed by atoms with Gasteiger partial charge in [0.05, 0.1) is 6.04 Å². The van der Waals surface area contributed by atoms with E-state index in [-0.39, 0.29) is 23.2 Å². The summed E-state index contributed by atoms with van der Waals surface area (Å²) >= 11 is 0. The minimum atomic E-state index is -2.88. The number of hydrogen-bond acceptors (Lipinski definition) is 5. The third-order valence-electron chi connectivity index (χ3n) is 6.57. The number of anilines is 2. The van der Waals surface area contributed by atoms with Crippen molar-refractivity contribution >= 4 is 11.6 Å². The molecule has 2 aliphatic rings. The number of aromatic nitrogens is 2. The van der Waals surface area contributed by atoms with Crippen molar-refractivity contribution in [2.75, 3.05) is 43.5 Å². The molecule has 0 aliphatic carbocycles. The molecule has 4 rings (SSSR count). The lowest BCUT2D eigenvalue weighted by Crippen LogP contribution is -2.30. The molecule has 0 saturated carbocycles. The summed E-state index contributed by atoms with van der Waals surface area (Å²) in [5.41, 5.74) is 1.96. The molecular formula is C24H30F3N5. The molecule has 0 amide bonds. The van der Waals surface area contributed by atoms with Crippen LogP contribution in [0.15, 0.2) is 42.9 Å². The summed E-state index contributed by atoms with van der Waals surface area (Å²) < 4.78 is 42.7. The molecule has 2 fully saturated rings. The first-order chi connectivity index (χ1) is 15.1. The molecule has 1 aromatic heterocycles. The topological polar surface area (TPSA) is 35.5 Å². The Labute approximate surface area is 187 Å². The van der Waals surface area contributed by atoms with E-state index >= 15 is 4.39 Å². The van der Waals surface area contributed by atoms with Crippen LogP contribution in [-0.4, -0.2) is 48.6 Å². The number of benzene rings is 1. The zero-order valence-corrected chi connectivity index (χ0v) is 18.9. The Balaban J connectivity index is 1.55. The number of allylic oxidation sites excluding steroid dienone is 1. The summed E-state index contributed by atoms with van der Waals surface area (Å²) in [6.45, 7) is 7.17. The summed E-state index contributed by atoms with van der Waals surface area (Å²) in [7, 11) is 3.87. The Hall–Kier alpha value is -2.77. The molecule has 0 radical (unpaired) electrons. The Morgan fingerprint density at radius 3 is 2.56 bits per heavy atom. The highest BCUT2D eigenvalue weighted by molar-refractivity contribution is 5.54. The van der Waals surface area contributed by atoms with E-state index in [1.54, 1.807) is 12.1 Å². The summed E-state index contributed by atoms with van der Waals surface area (Å²) in [5, 5.41) is 0. The predicted molar refractivity (Wildman–Crippen MR) is 120 cm³/mol. The van der Waals surface area contributed by atoms with E-state index in [2.05, 4.69) is 21.4 Å². The van der Waals surface area contributed by atoms with Crippen molar-refractivity contribution in [3.05, 3.63) is 59.8 Å². The standard InChI is InChI=1S/C24H30F3N5/c1-16-12-17(13-30(16)3)14-31(4)22-21(25)23(29-15-28-22)32-11-5-6-20(32)18-7-9-19(10-8-18)24(2,26)27/h7-10,15,17,20H,1,5-6,11-14H2,2-4H3. The fraction of sp³-hybridized carbons (Fsp3) is 0.500. The van der Waals surface area contributed by atoms with E-state index in [0.29, 0.717) is 19.0 Å². The van der Waals surface area contributed by atoms with Gasteiger partial charge in [-0.15, -0.1) is 0 Å². The first-order valence-electron chi connectivity index (χ1n) is 11.0. The van der Waals surface area contributed by atoms with Crippen LogP contribution in [0, 0.1) is 11.7 Å². The van der Waals surface area contributed by atoms with Crippen molar-refractivity contribution in [2.45, 2.75) is 38.2 Å². The SMILES string of the molecule is C=C1CC(CN(C)c2ncnc(N3CCCC3c3ccc(C(C)(F)F)cc3)c2F)CN1C. The van der Waals surface area contributed by atoms with Gasteiger partial charge in [0, 0.05) is 51.9 Å². The number of rotatable bonds is 6. The van der Waals surface area contributed by atoms with Gasteiger partial charge in [0.25, 0.3) is 5.92 Å². The molecule has 172 valence electrons. The number of likely N-dealkylation sites (tertiary alicyclic amines) is 1. The van der Waals surface area contributed by atoms with Gasteiger partial charge in [-0.3, -0.25) is 0 Å². The van der Waals surface area contributed by atoms with Gasteiger partial charge in [0.2, 0.25) is 5.82 Å². The molecule has 2 saturated heterocycles. The maximum Gasteiger partial charge on any atom is 0.270 e. The molecule has 5 nitrogen and oxygen atoms in total. The molecule has 0 spiro atoms. The maximum absolute atomic E-state index is 15.6. The highest BCUT2D eigenvalue weighted by Gasteiger charge is 2.32. The molecule has 2 atom stereocenters. The lowest BCUT2D eigenvalue weighted by atomic mass is 10.0. The van der Waals surface area contributed by atoms with Gasteiger partial charge >= 0.3 is 0 Å². The predicted octanol–water partition coefficient (Wildman–Crippen LogP) is 4.97. The second-order valence-corrected chi connectivity index (χ2v) is 9.09. The van der Waals surface area contributed by atoms with E-state index in [4.69, 9.17) is 0 Å². The molecule has 0 N–H and O–H groups in total. The van der Waals surface area contributed by atoms with Gasteiger partial charge < -0.3 is 14.7 Å². The van der Waals surface area contributed by atoms with Crippen LogP contribution in [-0.2, 0) is 5.92 Å². The summed E-state index contributed by atoms with van der Waals surface area (Å²) in [6, 6.07) is 6.22. The average molecular weight is 446 g/mol. The second-order valence-electron chi connectivity index (χ2n) is 9.09. The minimum Gasteiger partial charge on any atom is -0.378 e. The molecule has 2 aliphatic heterocycles. The van der Waals surface area contributed by atoms with Crippen LogP contribution in [0.2, 0.25) is 0 Å². The van der Waals surface area contributed by atoms with Crippen molar-refractivity contribution in [2.24, 2.45) is 5.92 Å². The van der Waals surface area contributed by atoms with Crippen LogP contribution in [0.25, 0.3) is 0 Å². The quantitative estimate of drug-likeness (QED) is 0.627. The highest BCUT2D eigenvalue weighted by Crippen LogP contribution is 2.38. The average Bonchev–Trinajstić information content (AvgIpc) is 3.34. The third-order valence-corrected chi connectivity index (χ3v) is 6.57. The van der Waals surface area contributed by atoms with E-state index < -0.39 is 11.7 Å². The number of halogens is 3. The molecule has 0 bridgehead atoms. The molecule has 2 aromatic rings. The Bertz CT molecular complexity index is 973. The lowest BCUT2D eigenvalue weighted by Gasteiger charge is -2.28. The van der Waals surface area contributed by atoms with Gasteiger partial charge in [0.1, 0.15) is 6.33 Å². The largest absolute Gasteiger partial charge is 0.378 e. The third kappa shape index (κ3) is 4.40. The zero-order valence-electron chi connectivity index (χ0n) is 18.9. The van der Waals surface area contributed by atoms with Crippen LogP contribution >= 0.6 is 0 Å². The minimum absolute atomic E-state index is 0.0248. The number of alkyl halides is 2. The Morgan fingerprint density at radius 1 is 1.22 bits per heavy atom. The molecule has 32 heavy (non-hydrogen) atoms. The maximum atomic E-state index is 15.6. The van der Waals surface area contributed by atoms with Crippen molar-refractivity contribution in [3.8, 4) is 0 Å². The zero-order chi connectivity index (χ0) is 23.0. The molecule has 2 unspecified atom stereocenters. The second kappa shape index (κ2) is 8.64. The Morgan fingerprint density at radius 2 is 1.94 bits per heavy atom. The Kier molecular flexibility index (Phi) is 6.05. The van der Waals surface area contributed by atoms with Crippen LogP contribution < -0.4 is 9.80 Å². The van der Waals surface area contributed by atoms with Crippen LogP contribution in [0.5, 0.6) is 0 Å². The first-order valence-corrected chi connectivity index (χ1v) is 11.0. The van der Waals surface area contributed by atoms with E-state index in [0.717, 1.165) is 44.0 Å².